The van der Waals surface area contributed by atoms with Gasteiger partial charge in [0.1, 0.15) is 5.75 Å². The van der Waals surface area contributed by atoms with Crippen LogP contribution in [-0.4, -0.2) is 40.5 Å². The molecule has 108 valence electrons. The maximum atomic E-state index is 5.64. The predicted octanol–water partition coefficient (Wildman–Crippen LogP) is 0.525. The van der Waals surface area contributed by atoms with Gasteiger partial charge in [0, 0.05) is 20.2 Å². The highest BCUT2D eigenvalue weighted by Crippen LogP contribution is 2.14. The van der Waals surface area contributed by atoms with E-state index in [4.69, 9.17) is 9.47 Å². The lowest BCUT2D eigenvalue weighted by atomic mass is 10.2. The topological polar surface area (TPSA) is 74.1 Å². The zero-order valence-electron chi connectivity index (χ0n) is 11.7. The Morgan fingerprint density at radius 3 is 3.00 bits per heavy atom. The van der Waals surface area contributed by atoms with E-state index in [1.165, 1.54) is 4.80 Å². The molecule has 0 aliphatic heterocycles. The average Bonchev–Trinajstić information content (AvgIpc) is 2.88. The van der Waals surface area contributed by atoms with Crippen molar-refractivity contribution in [3.63, 3.8) is 0 Å². The molecule has 0 radical (unpaired) electrons. The molecule has 20 heavy (non-hydrogen) atoms. The molecule has 0 aliphatic carbocycles. The summed E-state index contributed by atoms with van der Waals surface area (Å²) in [5.41, 5.74) is 1.16. The maximum Gasteiger partial charge on any atom is 0.212 e. The van der Waals surface area contributed by atoms with Crippen LogP contribution in [-0.2, 0) is 24.9 Å². The summed E-state index contributed by atoms with van der Waals surface area (Å²) in [6.45, 7) is 2.62. The molecule has 0 saturated heterocycles. The number of rotatable bonds is 8. The van der Waals surface area contributed by atoms with E-state index in [2.05, 4.69) is 20.7 Å². The van der Waals surface area contributed by atoms with Gasteiger partial charge in [-0.1, -0.05) is 12.1 Å². The molecule has 7 nitrogen and oxygen atoms in total. The van der Waals surface area contributed by atoms with E-state index in [-0.39, 0.29) is 0 Å². The van der Waals surface area contributed by atoms with Crippen LogP contribution in [0.4, 0.5) is 0 Å². The predicted molar refractivity (Wildman–Crippen MR) is 73.2 cm³/mol. The first-order valence-corrected chi connectivity index (χ1v) is 6.42. The molecule has 1 N–H and O–H groups in total. The second-order valence-electron chi connectivity index (χ2n) is 4.30. The summed E-state index contributed by atoms with van der Waals surface area (Å²) >= 11 is 0. The minimum Gasteiger partial charge on any atom is -0.485 e. The Balaban J connectivity index is 1.82. The van der Waals surface area contributed by atoms with Gasteiger partial charge in [0.25, 0.3) is 0 Å². The van der Waals surface area contributed by atoms with Gasteiger partial charge >= 0.3 is 0 Å². The molecule has 0 unspecified atom stereocenters. The fourth-order valence-corrected chi connectivity index (χ4v) is 1.68. The van der Waals surface area contributed by atoms with Crippen molar-refractivity contribution >= 4 is 0 Å². The van der Waals surface area contributed by atoms with Gasteiger partial charge in [-0.25, -0.2) is 0 Å². The number of hydrogen-bond donors (Lipinski definition) is 1. The number of methoxy groups -OCH3 is 1. The molecule has 1 aromatic carbocycles. The number of aromatic nitrogens is 4. The third-order valence-corrected chi connectivity index (χ3v) is 2.63. The van der Waals surface area contributed by atoms with Gasteiger partial charge < -0.3 is 14.8 Å². The first kappa shape index (κ1) is 14.4. The first-order valence-electron chi connectivity index (χ1n) is 6.42. The average molecular weight is 277 g/mol. The van der Waals surface area contributed by atoms with Crippen LogP contribution in [0.1, 0.15) is 11.4 Å². The second-order valence-corrected chi connectivity index (χ2v) is 4.30. The first-order chi connectivity index (χ1) is 9.78. The van der Waals surface area contributed by atoms with Crippen LogP contribution in [0.15, 0.2) is 24.3 Å². The minimum atomic E-state index is 0.314. The summed E-state index contributed by atoms with van der Waals surface area (Å²) in [6.07, 6.45) is 0. The molecule has 7 heteroatoms. The van der Waals surface area contributed by atoms with Gasteiger partial charge in [0.05, 0.1) is 13.7 Å². The lowest BCUT2D eigenvalue weighted by molar-refractivity contribution is 0.199. The number of aryl methyl sites for hydroxylation is 1. The third kappa shape index (κ3) is 4.60. The highest BCUT2D eigenvalue weighted by Gasteiger charge is 2.02. The van der Waals surface area contributed by atoms with E-state index < -0.39 is 0 Å². The van der Waals surface area contributed by atoms with Crippen molar-refractivity contribution in [1.82, 2.24) is 25.5 Å². The van der Waals surface area contributed by atoms with Gasteiger partial charge in [-0.3, -0.25) is 0 Å². The van der Waals surface area contributed by atoms with Gasteiger partial charge in [0.2, 0.25) is 5.82 Å². The van der Waals surface area contributed by atoms with Crippen LogP contribution in [0.5, 0.6) is 5.75 Å². The highest BCUT2D eigenvalue weighted by atomic mass is 16.5. The van der Waals surface area contributed by atoms with Crippen molar-refractivity contribution in [1.29, 1.82) is 0 Å². The van der Waals surface area contributed by atoms with Crippen LogP contribution in [0.2, 0.25) is 0 Å². The summed E-state index contributed by atoms with van der Waals surface area (Å²) in [7, 11) is 3.42. The standard InChI is InChI=1S/C13H19N5O2/c1-18-16-13(15-17-18)10-20-12-5-3-4-11(8-12)9-14-6-7-19-2/h3-5,8,14H,6-7,9-10H2,1-2H3. The fourth-order valence-electron chi connectivity index (χ4n) is 1.68. The molecule has 0 atom stereocenters. The van der Waals surface area contributed by atoms with Crippen molar-refractivity contribution in [3.8, 4) is 5.75 Å². The highest BCUT2D eigenvalue weighted by molar-refractivity contribution is 5.28. The van der Waals surface area contributed by atoms with E-state index in [1.54, 1.807) is 14.2 Å². The Morgan fingerprint density at radius 2 is 2.25 bits per heavy atom. The molecular formula is C13H19N5O2. The van der Waals surface area contributed by atoms with Crippen molar-refractivity contribution in [3.05, 3.63) is 35.7 Å². The van der Waals surface area contributed by atoms with Gasteiger partial charge in [-0.15, -0.1) is 10.2 Å². The SMILES string of the molecule is COCCNCc1cccc(OCc2nnn(C)n2)c1. The van der Waals surface area contributed by atoms with E-state index in [1.807, 2.05) is 24.3 Å². The number of tetrazole rings is 1. The maximum absolute atomic E-state index is 5.64. The van der Waals surface area contributed by atoms with Crippen molar-refractivity contribution in [2.24, 2.45) is 7.05 Å². The molecule has 2 aromatic rings. The summed E-state index contributed by atoms with van der Waals surface area (Å²) < 4.78 is 10.6. The molecule has 0 aliphatic rings. The zero-order valence-corrected chi connectivity index (χ0v) is 11.7. The normalized spacial score (nSPS) is 10.7. The Bertz CT molecular complexity index is 529. The quantitative estimate of drug-likeness (QED) is 0.709. The van der Waals surface area contributed by atoms with Crippen LogP contribution in [0.3, 0.4) is 0 Å². The van der Waals surface area contributed by atoms with Crippen molar-refractivity contribution in [2.45, 2.75) is 13.2 Å². The third-order valence-electron chi connectivity index (χ3n) is 2.63. The second kappa shape index (κ2) is 7.56. The number of nitrogens with zero attached hydrogens (tertiary/aromatic N) is 4. The van der Waals surface area contributed by atoms with Gasteiger partial charge in [-0.05, 0) is 22.9 Å². The monoisotopic (exact) mass is 277 g/mol. The van der Waals surface area contributed by atoms with E-state index in [9.17, 15) is 0 Å². The molecule has 0 amide bonds. The summed E-state index contributed by atoms with van der Waals surface area (Å²) in [5, 5.41) is 15.0. The lowest BCUT2D eigenvalue weighted by Gasteiger charge is -2.07. The van der Waals surface area contributed by atoms with Crippen LogP contribution >= 0.6 is 0 Å². The largest absolute Gasteiger partial charge is 0.485 e. The zero-order chi connectivity index (χ0) is 14.2. The molecule has 0 fully saturated rings. The van der Waals surface area contributed by atoms with Gasteiger partial charge in [-0.2, -0.15) is 4.80 Å². The summed E-state index contributed by atoms with van der Waals surface area (Å²) in [6, 6.07) is 7.92. The number of nitrogens with one attached hydrogen (secondary N) is 1. The van der Waals surface area contributed by atoms with Crippen LogP contribution in [0.25, 0.3) is 0 Å². The van der Waals surface area contributed by atoms with E-state index in [0.717, 1.165) is 24.4 Å². The fraction of sp³-hybridized carbons (Fsp3) is 0.462. The Kier molecular flexibility index (Phi) is 5.45. The lowest BCUT2D eigenvalue weighted by Crippen LogP contribution is -2.18. The summed E-state index contributed by atoms with van der Waals surface area (Å²) in [5.74, 6) is 1.36. The Hall–Kier alpha value is -1.99. The molecule has 0 bridgehead atoms. The van der Waals surface area contributed by atoms with Crippen molar-refractivity contribution < 1.29 is 9.47 Å². The van der Waals surface area contributed by atoms with Crippen molar-refractivity contribution in [2.75, 3.05) is 20.3 Å². The Morgan fingerprint density at radius 1 is 1.35 bits per heavy atom. The molecule has 1 aromatic heterocycles. The molecule has 0 spiro atoms. The Labute approximate surface area is 117 Å². The molecule has 2 rings (SSSR count). The van der Waals surface area contributed by atoms with E-state index >= 15 is 0 Å². The van der Waals surface area contributed by atoms with Gasteiger partial charge in [0.15, 0.2) is 6.61 Å². The molecular weight excluding hydrogens is 258 g/mol. The number of ether oxygens (including phenoxy) is 2. The minimum absolute atomic E-state index is 0.314. The van der Waals surface area contributed by atoms with Crippen LogP contribution < -0.4 is 10.1 Å². The summed E-state index contributed by atoms with van der Waals surface area (Å²) in [4.78, 5) is 1.41. The molecule has 0 saturated carbocycles. The number of benzene rings is 1. The van der Waals surface area contributed by atoms with Crippen LogP contribution in [0, 0.1) is 0 Å². The van der Waals surface area contributed by atoms with E-state index in [0.29, 0.717) is 19.0 Å². The number of hydrogen-bond acceptors (Lipinski definition) is 6. The smallest absolute Gasteiger partial charge is 0.212 e. The molecule has 1 heterocycles.